The van der Waals surface area contributed by atoms with Crippen molar-refractivity contribution in [3.05, 3.63) is 24.3 Å². The van der Waals surface area contributed by atoms with Crippen LogP contribution in [0.3, 0.4) is 0 Å². The Bertz CT molecular complexity index is 886. The Kier molecular flexibility index (Phi) is 44.0. The van der Waals surface area contributed by atoms with Crippen LogP contribution in [0.5, 0.6) is 0 Å². The second-order valence-corrected chi connectivity index (χ2v) is 16.0. The fourth-order valence-corrected chi connectivity index (χ4v) is 6.96. The van der Waals surface area contributed by atoms with Gasteiger partial charge in [-0.3, -0.25) is 9.59 Å². The Morgan fingerprint density at radius 1 is 0.509 bits per heavy atom. The molecule has 1 atom stereocenters. The van der Waals surface area contributed by atoms with Gasteiger partial charge in [0, 0.05) is 26.2 Å². The number of allylic oxidation sites excluding steroid dienone is 4. The number of esters is 2. The van der Waals surface area contributed by atoms with Crippen LogP contribution in [-0.4, -0.2) is 80.9 Å². The Morgan fingerprint density at radius 3 is 1.54 bits per heavy atom. The largest absolute Gasteiger partial charge is 0.466 e. The van der Waals surface area contributed by atoms with Crippen LogP contribution in [0.4, 0.5) is 0 Å². The molecule has 1 N–H and O–H groups in total. The predicted octanol–water partition coefficient (Wildman–Crippen LogP) is 12.8. The van der Waals surface area contributed by atoms with Gasteiger partial charge in [-0.1, -0.05) is 135 Å². The molecule has 0 aliphatic heterocycles. The molecule has 0 bridgehead atoms. The van der Waals surface area contributed by atoms with Gasteiger partial charge in [-0.2, -0.15) is 0 Å². The van der Waals surface area contributed by atoms with Crippen LogP contribution in [0.15, 0.2) is 24.3 Å². The molecule has 0 radical (unpaired) electrons. The van der Waals surface area contributed by atoms with Crippen molar-refractivity contribution in [2.24, 2.45) is 5.92 Å². The lowest BCUT2D eigenvalue weighted by Gasteiger charge is -2.21. The number of carbonyl (C=O) groups is 2. The Labute approximate surface area is 352 Å². The number of nitrogens with zero attached hydrogens (tertiary/aromatic N) is 1. The number of rotatable bonds is 45. The highest BCUT2D eigenvalue weighted by Crippen LogP contribution is 2.20. The van der Waals surface area contributed by atoms with E-state index in [2.05, 4.69) is 56.9 Å². The highest BCUT2D eigenvalue weighted by molar-refractivity contribution is 5.72. The summed E-state index contributed by atoms with van der Waals surface area (Å²) in [6.07, 6.45) is 39.1. The number of hydrogen-bond acceptors (Lipinski definition) is 8. The minimum absolute atomic E-state index is 0.0369. The first-order chi connectivity index (χ1) is 28.0. The number of aliphatic hydroxyl groups excluding tert-OH is 1. The van der Waals surface area contributed by atoms with E-state index in [0.29, 0.717) is 39.3 Å². The lowest BCUT2D eigenvalue weighted by atomic mass is 9.95. The van der Waals surface area contributed by atoms with E-state index in [-0.39, 0.29) is 30.8 Å². The van der Waals surface area contributed by atoms with Crippen molar-refractivity contribution in [3.63, 3.8) is 0 Å². The third-order valence-corrected chi connectivity index (χ3v) is 10.6. The lowest BCUT2D eigenvalue weighted by molar-refractivity contribution is -0.159. The van der Waals surface area contributed by atoms with Gasteiger partial charge in [0.05, 0.1) is 32.2 Å². The third-order valence-electron chi connectivity index (χ3n) is 10.6. The fraction of sp³-hybridized carbons (Fsp3) is 0.878. The average molecular weight is 808 g/mol. The summed E-state index contributed by atoms with van der Waals surface area (Å²) in [4.78, 5) is 27.5. The zero-order chi connectivity index (χ0) is 41.7. The van der Waals surface area contributed by atoms with Crippen molar-refractivity contribution in [2.45, 2.75) is 220 Å². The summed E-state index contributed by atoms with van der Waals surface area (Å²) >= 11 is 0. The number of ether oxygens (including phenoxy) is 4. The van der Waals surface area contributed by atoms with Crippen LogP contribution in [-0.2, 0) is 28.5 Å². The number of carbonyl (C=O) groups excluding carboxylic acids is 2. The van der Waals surface area contributed by atoms with Crippen molar-refractivity contribution >= 4 is 11.9 Å². The van der Waals surface area contributed by atoms with E-state index in [9.17, 15) is 14.7 Å². The Morgan fingerprint density at radius 2 is 1.00 bits per heavy atom. The van der Waals surface area contributed by atoms with Crippen LogP contribution in [0, 0.1) is 5.92 Å². The summed E-state index contributed by atoms with van der Waals surface area (Å²) in [6, 6.07) is 0. The van der Waals surface area contributed by atoms with Gasteiger partial charge >= 0.3 is 11.9 Å². The zero-order valence-corrected chi connectivity index (χ0v) is 38.0. The van der Waals surface area contributed by atoms with E-state index < -0.39 is 0 Å². The molecule has 8 heteroatoms. The lowest BCUT2D eigenvalue weighted by Crippen LogP contribution is -2.29. The third kappa shape index (κ3) is 39.5. The van der Waals surface area contributed by atoms with Gasteiger partial charge in [0.1, 0.15) is 0 Å². The van der Waals surface area contributed by atoms with E-state index in [4.69, 9.17) is 18.9 Å². The van der Waals surface area contributed by atoms with Crippen LogP contribution in [0.2, 0.25) is 0 Å². The molecule has 0 aromatic rings. The van der Waals surface area contributed by atoms with Gasteiger partial charge in [-0.05, 0) is 103 Å². The molecular weight excluding hydrogens is 715 g/mol. The number of aliphatic hydroxyl groups is 1. The highest BCUT2D eigenvalue weighted by atomic mass is 16.7. The standard InChI is InChI=1S/C49H93NO7/c1-5-9-13-16-23-31-43-55-48(56-44-32-24-17-14-10-6-2)37-36-47(52)54-42-30-26-22-29-39-50(40-41-51)38-28-21-19-18-20-25-33-45-57-49(53)46(34-12-8-4)35-27-15-11-7-3/h9-10,13-14,46,48,51H,5-8,11-12,15-45H2,1-4H3/b13-9-,14-10-. The Hall–Kier alpha value is -1.74. The SMILES string of the molecule is CC/C=C\CCCCOC(CCC(=O)OCCCCCCN(CCO)CCCCCCCCCOC(=O)C(CCCC)CCCCCC)OCCCC/C=C\CC. The molecule has 0 saturated carbocycles. The summed E-state index contributed by atoms with van der Waals surface area (Å²) in [5.74, 6) is -0.0399. The maximum absolute atomic E-state index is 12.6. The summed E-state index contributed by atoms with van der Waals surface area (Å²) in [5.41, 5.74) is 0. The van der Waals surface area contributed by atoms with Crippen molar-refractivity contribution in [1.82, 2.24) is 4.90 Å². The second-order valence-electron chi connectivity index (χ2n) is 16.0. The van der Waals surface area contributed by atoms with Gasteiger partial charge in [0.15, 0.2) is 6.29 Å². The van der Waals surface area contributed by atoms with Crippen molar-refractivity contribution in [3.8, 4) is 0 Å². The first-order valence-corrected chi connectivity index (χ1v) is 24.2. The maximum atomic E-state index is 12.6. The molecule has 0 amide bonds. The Balaban J connectivity index is 4.07. The minimum atomic E-state index is -0.357. The zero-order valence-electron chi connectivity index (χ0n) is 38.0. The van der Waals surface area contributed by atoms with Crippen molar-refractivity contribution < 1.29 is 33.6 Å². The monoisotopic (exact) mass is 808 g/mol. The quantitative estimate of drug-likeness (QED) is 0.0281. The molecule has 0 aliphatic carbocycles. The molecule has 0 fully saturated rings. The van der Waals surface area contributed by atoms with Crippen LogP contribution >= 0.6 is 0 Å². The van der Waals surface area contributed by atoms with E-state index in [0.717, 1.165) is 148 Å². The molecule has 0 spiro atoms. The first kappa shape index (κ1) is 55.3. The van der Waals surface area contributed by atoms with Crippen molar-refractivity contribution in [2.75, 3.05) is 52.7 Å². The van der Waals surface area contributed by atoms with E-state index in [1.807, 2.05) is 0 Å². The summed E-state index contributed by atoms with van der Waals surface area (Å²) in [7, 11) is 0. The summed E-state index contributed by atoms with van der Waals surface area (Å²) in [6.45, 7) is 14.0. The summed E-state index contributed by atoms with van der Waals surface area (Å²) in [5, 5.41) is 9.58. The molecule has 0 heterocycles. The molecule has 57 heavy (non-hydrogen) atoms. The van der Waals surface area contributed by atoms with Gasteiger partial charge in [-0.15, -0.1) is 0 Å². The molecule has 0 aliphatic rings. The number of hydrogen-bond donors (Lipinski definition) is 1. The second kappa shape index (κ2) is 45.3. The summed E-state index contributed by atoms with van der Waals surface area (Å²) < 4.78 is 23.3. The smallest absolute Gasteiger partial charge is 0.308 e. The van der Waals surface area contributed by atoms with E-state index in [1.54, 1.807) is 0 Å². The van der Waals surface area contributed by atoms with Crippen LogP contribution < -0.4 is 0 Å². The molecule has 1 unspecified atom stereocenters. The van der Waals surface area contributed by atoms with Gasteiger partial charge in [0.2, 0.25) is 0 Å². The molecule has 0 aromatic carbocycles. The number of unbranched alkanes of at least 4 members (excludes halogenated alkanes) is 17. The highest BCUT2D eigenvalue weighted by Gasteiger charge is 2.19. The van der Waals surface area contributed by atoms with Gasteiger partial charge in [-0.25, -0.2) is 0 Å². The fourth-order valence-electron chi connectivity index (χ4n) is 6.96. The maximum Gasteiger partial charge on any atom is 0.308 e. The topological polar surface area (TPSA) is 94.5 Å². The normalized spacial score (nSPS) is 12.5. The van der Waals surface area contributed by atoms with E-state index in [1.165, 1.54) is 44.9 Å². The molecule has 336 valence electrons. The van der Waals surface area contributed by atoms with Crippen LogP contribution in [0.25, 0.3) is 0 Å². The van der Waals surface area contributed by atoms with E-state index >= 15 is 0 Å². The van der Waals surface area contributed by atoms with Crippen molar-refractivity contribution in [1.29, 1.82) is 0 Å². The van der Waals surface area contributed by atoms with Crippen LogP contribution in [0.1, 0.15) is 214 Å². The molecular formula is C49H93NO7. The van der Waals surface area contributed by atoms with Gasteiger partial charge < -0.3 is 29.0 Å². The first-order valence-electron chi connectivity index (χ1n) is 24.2. The molecule has 0 rings (SSSR count). The van der Waals surface area contributed by atoms with Gasteiger partial charge in [0.25, 0.3) is 0 Å². The average Bonchev–Trinajstić information content (AvgIpc) is 3.21. The minimum Gasteiger partial charge on any atom is -0.466 e. The molecule has 8 nitrogen and oxygen atoms in total. The predicted molar refractivity (Wildman–Crippen MR) is 239 cm³/mol. The molecule has 0 saturated heterocycles. The molecule has 0 aromatic heterocycles.